The topological polar surface area (TPSA) is 99.5 Å². The summed E-state index contributed by atoms with van der Waals surface area (Å²) < 4.78 is 78.6. The van der Waals surface area contributed by atoms with Gasteiger partial charge in [0.25, 0.3) is 5.91 Å². The van der Waals surface area contributed by atoms with Crippen molar-refractivity contribution in [3.8, 4) is 34.0 Å². The van der Waals surface area contributed by atoms with Crippen molar-refractivity contribution in [2.24, 2.45) is 0 Å². The van der Waals surface area contributed by atoms with Gasteiger partial charge in [0.2, 0.25) is 10.0 Å². The van der Waals surface area contributed by atoms with E-state index in [9.17, 15) is 26.4 Å². The third kappa shape index (κ3) is 5.65. The van der Waals surface area contributed by atoms with Crippen LogP contribution in [0.4, 0.5) is 13.2 Å². The number of hydrogen-bond acceptors (Lipinski definition) is 6. The Morgan fingerprint density at radius 3 is 2.50 bits per heavy atom. The highest BCUT2D eigenvalue weighted by atomic mass is 32.2. The molecular formula is C36H32F3N3O5S. The lowest BCUT2D eigenvalue weighted by Crippen LogP contribution is -2.33. The largest absolute Gasteiger partial charge is 0.573 e. The molecule has 3 heterocycles. The zero-order chi connectivity index (χ0) is 33.2. The van der Waals surface area contributed by atoms with Gasteiger partial charge < -0.3 is 14.0 Å². The first-order valence-electron chi connectivity index (χ1n) is 16.2. The van der Waals surface area contributed by atoms with Gasteiger partial charge in [-0.15, -0.1) is 13.2 Å². The zero-order valence-corrected chi connectivity index (χ0v) is 26.7. The summed E-state index contributed by atoms with van der Waals surface area (Å²) in [5, 5.41) is 1.31. The molecular weight excluding hydrogens is 643 g/mol. The van der Waals surface area contributed by atoms with Crippen molar-refractivity contribution >= 4 is 37.7 Å². The number of halogens is 3. The van der Waals surface area contributed by atoms with Gasteiger partial charge in [0.05, 0.1) is 28.7 Å². The Hall–Kier alpha value is -4.58. The monoisotopic (exact) mass is 675 g/mol. The molecule has 5 aromatic rings. The second-order valence-electron chi connectivity index (χ2n) is 12.8. The molecule has 0 radical (unpaired) electrons. The van der Waals surface area contributed by atoms with Crippen LogP contribution in [0.25, 0.3) is 44.3 Å². The number of pyridine rings is 1. The maximum absolute atomic E-state index is 13.1. The minimum absolute atomic E-state index is 0.285. The standard InChI is InChI=1S/C36H32F3N3O5S/c37-36(38,39)47-24-8-4-7-22(19-24)29-15-13-26-30(40-29)16-14-28-33-32(21-5-2-1-3-6-21)27-12-9-23(35(43)41-48(44,45)25-10-11-25)20-31(27)42(33)17-18-46-34(26)28/h4,7-9,12-16,19-21,25H,1-3,5-6,10-11,17-18H2,(H,41,43). The summed E-state index contributed by atoms with van der Waals surface area (Å²) in [6.45, 7) is 0.857. The first-order valence-corrected chi connectivity index (χ1v) is 17.8. The zero-order valence-electron chi connectivity index (χ0n) is 25.8. The van der Waals surface area contributed by atoms with E-state index in [0.29, 0.717) is 54.4 Å². The molecule has 1 amide bonds. The van der Waals surface area contributed by atoms with Gasteiger partial charge in [0.15, 0.2) is 0 Å². The molecule has 1 N–H and O–H groups in total. The molecule has 12 heteroatoms. The van der Waals surface area contributed by atoms with Gasteiger partial charge in [-0.3, -0.25) is 4.79 Å². The van der Waals surface area contributed by atoms with Crippen LogP contribution in [0.1, 0.15) is 66.8 Å². The minimum atomic E-state index is -4.80. The van der Waals surface area contributed by atoms with E-state index < -0.39 is 27.5 Å². The highest BCUT2D eigenvalue weighted by molar-refractivity contribution is 7.91. The Morgan fingerprint density at radius 1 is 0.938 bits per heavy atom. The molecule has 8 rings (SSSR count). The SMILES string of the molecule is O=C(NS(=O)(=O)C1CC1)c1ccc2c(C3CCCCC3)c3n(c2c1)CCOc1c-3ccc2nc(-c3cccc(OC(F)(F)F)c3)ccc12. The van der Waals surface area contributed by atoms with Gasteiger partial charge in [-0.25, -0.2) is 18.1 Å². The number of sulfonamides is 1. The Balaban J connectivity index is 1.24. The van der Waals surface area contributed by atoms with Crippen LogP contribution in [0.3, 0.4) is 0 Å². The number of carbonyl (C=O) groups excluding carboxylic acids is 1. The van der Waals surface area contributed by atoms with E-state index in [2.05, 4.69) is 14.0 Å². The normalized spacial score (nSPS) is 17.0. The molecule has 0 spiro atoms. The van der Waals surface area contributed by atoms with Crippen LogP contribution in [-0.2, 0) is 16.6 Å². The Morgan fingerprint density at radius 2 is 1.73 bits per heavy atom. The number of aromatic nitrogens is 2. The van der Waals surface area contributed by atoms with Crippen molar-refractivity contribution in [2.75, 3.05) is 6.61 Å². The van der Waals surface area contributed by atoms with Crippen LogP contribution < -0.4 is 14.2 Å². The van der Waals surface area contributed by atoms with Crippen molar-refractivity contribution in [3.05, 3.63) is 77.9 Å². The third-order valence-electron chi connectivity index (χ3n) is 9.58. The predicted molar refractivity (Wildman–Crippen MR) is 176 cm³/mol. The quantitative estimate of drug-likeness (QED) is 0.195. The summed E-state index contributed by atoms with van der Waals surface area (Å²) in [5.74, 6) is 0.0289. The van der Waals surface area contributed by atoms with Crippen molar-refractivity contribution in [2.45, 2.75) is 69.0 Å². The summed E-state index contributed by atoms with van der Waals surface area (Å²) in [5.41, 5.74) is 5.88. The number of carbonyl (C=O) groups is 1. The molecule has 248 valence electrons. The second kappa shape index (κ2) is 11.5. The number of hydrogen-bond donors (Lipinski definition) is 1. The number of ether oxygens (including phenoxy) is 2. The first kappa shape index (κ1) is 30.7. The van der Waals surface area contributed by atoms with E-state index in [1.54, 1.807) is 24.3 Å². The molecule has 0 bridgehead atoms. The summed E-state index contributed by atoms with van der Waals surface area (Å²) in [6.07, 6.45) is 1.85. The molecule has 8 nitrogen and oxygen atoms in total. The molecule has 2 aliphatic carbocycles. The Bertz CT molecular complexity index is 2200. The third-order valence-corrected chi connectivity index (χ3v) is 11.4. The van der Waals surface area contributed by atoms with E-state index in [1.807, 2.05) is 24.3 Å². The maximum atomic E-state index is 13.1. The fourth-order valence-corrected chi connectivity index (χ4v) is 8.57. The van der Waals surface area contributed by atoms with Crippen molar-refractivity contribution < 1.29 is 35.9 Å². The van der Waals surface area contributed by atoms with Crippen LogP contribution in [0.5, 0.6) is 11.5 Å². The maximum Gasteiger partial charge on any atom is 0.573 e. The number of fused-ring (bicyclic) bond motifs is 7. The number of nitrogens with zero attached hydrogens (tertiary/aromatic N) is 2. The minimum Gasteiger partial charge on any atom is -0.490 e. The van der Waals surface area contributed by atoms with E-state index in [4.69, 9.17) is 9.72 Å². The number of alkyl halides is 3. The lowest BCUT2D eigenvalue weighted by molar-refractivity contribution is -0.274. The molecule has 48 heavy (non-hydrogen) atoms. The smallest absolute Gasteiger partial charge is 0.490 e. The number of amides is 1. The fourth-order valence-electron chi connectivity index (χ4n) is 7.27. The summed E-state index contributed by atoms with van der Waals surface area (Å²) in [4.78, 5) is 17.9. The molecule has 3 aliphatic rings. The molecule has 0 unspecified atom stereocenters. The van der Waals surface area contributed by atoms with E-state index >= 15 is 0 Å². The lowest BCUT2D eigenvalue weighted by atomic mass is 9.81. The number of rotatable bonds is 6. The number of benzene rings is 3. The van der Waals surface area contributed by atoms with E-state index in [-0.39, 0.29) is 11.3 Å². The van der Waals surface area contributed by atoms with Gasteiger partial charge in [-0.2, -0.15) is 0 Å². The van der Waals surface area contributed by atoms with Gasteiger partial charge in [0.1, 0.15) is 18.1 Å². The average molecular weight is 676 g/mol. The molecule has 0 atom stereocenters. The molecule has 1 aliphatic heterocycles. The summed E-state index contributed by atoms with van der Waals surface area (Å²) in [7, 11) is -3.70. The second-order valence-corrected chi connectivity index (χ2v) is 14.7. The molecule has 0 saturated heterocycles. The molecule has 2 aromatic heterocycles. The Kier molecular flexibility index (Phi) is 7.39. The van der Waals surface area contributed by atoms with Gasteiger partial charge in [0, 0.05) is 33.0 Å². The Labute approximate surface area is 274 Å². The van der Waals surface area contributed by atoms with Crippen molar-refractivity contribution in [1.29, 1.82) is 0 Å². The van der Waals surface area contributed by atoms with Crippen LogP contribution in [0.2, 0.25) is 0 Å². The number of nitrogens with one attached hydrogen (secondary N) is 1. The summed E-state index contributed by atoms with van der Waals surface area (Å²) >= 11 is 0. The van der Waals surface area contributed by atoms with Gasteiger partial charge >= 0.3 is 6.36 Å². The lowest BCUT2D eigenvalue weighted by Gasteiger charge is -2.23. The highest BCUT2D eigenvalue weighted by Crippen LogP contribution is 2.49. The van der Waals surface area contributed by atoms with Crippen molar-refractivity contribution in [3.63, 3.8) is 0 Å². The van der Waals surface area contributed by atoms with E-state index in [1.165, 1.54) is 30.2 Å². The van der Waals surface area contributed by atoms with Gasteiger partial charge in [-0.05, 0) is 85.7 Å². The average Bonchev–Trinajstić information content (AvgIpc) is 3.90. The summed E-state index contributed by atoms with van der Waals surface area (Å²) in [6, 6.07) is 18.7. The van der Waals surface area contributed by atoms with Crippen LogP contribution in [0.15, 0.2) is 66.7 Å². The fraction of sp³-hybridized carbons (Fsp3) is 0.333. The molecule has 2 saturated carbocycles. The van der Waals surface area contributed by atoms with Crippen LogP contribution in [0, 0.1) is 0 Å². The van der Waals surface area contributed by atoms with Crippen LogP contribution in [-0.4, -0.2) is 42.1 Å². The first-order chi connectivity index (χ1) is 23.1. The molecule has 3 aromatic carbocycles. The van der Waals surface area contributed by atoms with Gasteiger partial charge in [-0.1, -0.05) is 37.5 Å². The molecule has 2 fully saturated rings. The van der Waals surface area contributed by atoms with Crippen molar-refractivity contribution in [1.82, 2.24) is 14.3 Å². The van der Waals surface area contributed by atoms with Crippen LogP contribution >= 0.6 is 0 Å². The highest BCUT2D eigenvalue weighted by Gasteiger charge is 2.37. The predicted octanol–water partition coefficient (Wildman–Crippen LogP) is 8.08. The van der Waals surface area contributed by atoms with E-state index in [0.717, 1.165) is 53.2 Å².